The first-order valence-electron chi connectivity index (χ1n) is 9.43. The number of hydrogen-bond acceptors (Lipinski definition) is 6. The van der Waals surface area contributed by atoms with Crippen molar-refractivity contribution in [2.45, 2.75) is 61.6 Å². The minimum Gasteiger partial charge on any atom is -0.614 e. The lowest BCUT2D eigenvalue weighted by molar-refractivity contribution is -0.200. The fourth-order valence-electron chi connectivity index (χ4n) is 5.09. The molecule has 3 fully saturated rings. The van der Waals surface area contributed by atoms with Crippen LogP contribution in [0.3, 0.4) is 0 Å². The molecule has 4 atom stereocenters. The van der Waals surface area contributed by atoms with E-state index in [1.165, 1.54) is 27.7 Å². The van der Waals surface area contributed by atoms with Crippen LogP contribution in [0.25, 0.3) is 0 Å². The molecule has 0 saturated carbocycles. The zero-order chi connectivity index (χ0) is 22.2. The Morgan fingerprint density at radius 1 is 1.20 bits per heavy atom. The fourth-order valence-corrected chi connectivity index (χ4v) is 7.08. The molecule has 10 nitrogen and oxygen atoms in total. The van der Waals surface area contributed by atoms with Crippen LogP contribution in [0.1, 0.15) is 45.7 Å². The normalized spacial score (nSPS) is 34.0. The second kappa shape index (κ2) is 6.17. The monoisotopic (exact) mass is 434 g/mol. The molecule has 4 rings (SSSR count). The van der Waals surface area contributed by atoms with Gasteiger partial charge in [-0.1, -0.05) is 30.3 Å². The summed E-state index contributed by atoms with van der Waals surface area (Å²) < 4.78 is 11.7. The van der Waals surface area contributed by atoms with E-state index >= 15 is 0 Å². The zero-order valence-corrected chi connectivity index (χ0v) is 17.8. The molecule has 2 amide bonds. The average Bonchev–Trinajstić information content (AvgIpc) is 2.96. The van der Waals surface area contributed by atoms with Gasteiger partial charge in [-0.3, -0.25) is 19.4 Å². The number of carboxylic acid groups (broad SMARTS) is 1. The van der Waals surface area contributed by atoms with Gasteiger partial charge in [-0.15, -0.1) is 4.91 Å². The standard InChI is InChI=1S/C19H22N4O6S/c1-17(2)19(16(26)27,21-12(24)10-13(21)30(17)29)22-15(25)14(11-8-6-5-7-9-11)23(20-28)18(22,3)4/h5-9,13-14H,10H2,1-4H3,(H,26,27). The van der Waals surface area contributed by atoms with Crippen molar-refractivity contribution in [1.29, 1.82) is 0 Å². The van der Waals surface area contributed by atoms with Crippen LogP contribution < -0.4 is 0 Å². The summed E-state index contributed by atoms with van der Waals surface area (Å²) in [4.78, 5) is 53.0. The number of fused-ring (bicyclic) bond motifs is 1. The lowest BCUT2D eigenvalue weighted by atomic mass is 9.86. The number of nitroso groups, excluding NO2 is 1. The molecule has 3 aliphatic heterocycles. The highest BCUT2D eigenvalue weighted by Crippen LogP contribution is 2.58. The lowest BCUT2D eigenvalue weighted by Gasteiger charge is -2.51. The maximum Gasteiger partial charge on any atom is 0.357 e. The molecule has 160 valence electrons. The van der Waals surface area contributed by atoms with E-state index in [9.17, 15) is 28.9 Å². The summed E-state index contributed by atoms with van der Waals surface area (Å²) in [5, 5.41) is 13.7. The number of aliphatic carboxylic acids is 1. The number of carboxylic acids is 1. The Morgan fingerprint density at radius 3 is 2.30 bits per heavy atom. The van der Waals surface area contributed by atoms with E-state index in [2.05, 4.69) is 5.29 Å². The summed E-state index contributed by atoms with van der Waals surface area (Å²) in [5.74, 6) is -2.67. The van der Waals surface area contributed by atoms with Crippen molar-refractivity contribution in [2.75, 3.05) is 0 Å². The van der Waals surface area contributed by atoms with Crippen LogP contribution in [0, 0.1) is 4.91 Å². The van der Waals surface area contributed by atoms with Crippen LogP contribution in [0.2, 0.25) is 0 Å². The maximum absolute atomic E-state index is 13.8. The van der Waals surface area contributed by atoms with Gasteiger partial charge in [-0.05, 0) is 44.4 Å². The highest BCUT2D eigenvalue weighted by atomic mass is 32.2. The Hall–Kier alpha value is -2.66. The molecule has 3 heterocycles. The van der Waals surface area contributed by atoms with Gasteiger partial charge < -0.3 is 9.66 Å². The number of amides is 2. The van der Waals surface area contributed by atoms with Gasteiger partial charge in [0.15, 0.2) is 10.8 Å². The third kappa shape index (κ3) is 2.11. The van der Waals surface area contributed by atoms with Crippen molar-refractivity contribution >= 4 is 29.0 Å². The second-order valence-corrected chi connectivity index (χ2v) is 10.8. The third-order valence-electron chi connectivity index (χ3n) is 6.48. The summed E-state index contributed by atoms with van der Waals surface area (Å²) in [6.45, 7) is 5.94. The first-order chi connectivity index (χ1) is 14.0. The highest BCUT2D eigenvalue weighted by molar-refractivity contribution is 7.93. The molecule has 1 aromatic carbocycles. The summed E-state index contributed by atoms with van der Waals surface area (Å²) in [6.07, 6.45) is -0.0503. The molecule has 0 spiro atoms. The fraction of sp³-hybridized carbons (Fsp3) is 0.526. The number of carbonyl (C=O) groups excluding carboxylic acids is 2. The lowest BCUT2D eigenvalue weighted by Crippen LogP contribution is -2.78. The van der Waals surface area contributed by atoms with Gasteiger partial charge >= 0.3 is 5.97 Å². The van der Waals surface area contributed by atoms with Gasteiger partial charge in [-0.25, -0.2) is 9.80 Å². The second-order valence-electron chi connectivity index (χ2n) is 8.62. The van der Waals surface area contributed by atoms with E-state index in [0.717, 1.165) is 14.8 Å². The Labute approximate surface area is 175 Å². The smallest absolute Gasteiger partial charge is 0.357 e. The Morgan fingerprint density at radius 2 is 1.80 bits per heavy atom. The average molecular weight is 434 g/mol. The van der Waals surface area contributed by atoms with E-state index < -0.39 is 56.4 Å². The maximum atomic E-state index is 13.8. The summed E-state index contributed by atoms with van der Waals surface area (Å²) in [5.41, 5.74) is -3.28. The minimum absolute atomic E-state index is 0.0503. The SMILES string of the molecule is CC1(C)N(N=O)C(c2ccccc2)C(=O)N1C1(C(=O)O)N2C(=O)CC2[S+]([O-])C1(C)C. The van der Waals surface area contributed by atoms with Gasteiger partial charge in [0.05, 0.1) is 11.7 Å². The van der Waals surface area contributed by atoms with Gasteiger partial charge in [0, 0.05) is 0 Å². The third-order valence-corrected chi connectivity index (χ3v) is 8.64. The number of nitrogens with zero attached hydrogens (tertiary/aromatic N) is 4. The van der Waals surface area contributed by atoms with Gasteiger partial charge in [0.25, 0.3) is 11.6 Å². The van der Waals surface area contributed by atoms with Crippen molar-refractivity contribution in [3.8, 4) is 0 Å². The van der Waals surface area contributed by atoms with Crippen LogP contribution >= 0.6 is 0 Å². The summed E-state index contributed by atoms with van der Waals surface area (Å²) >= 11 is -1.74. The number of benzene rings is 1. The van der Waals surface area contributed by atoms with Crippen LogP contribution in [-0.4, -0.2) is 63.7 Å². The molecule has 1 N–H and O–H groups in total. The molecule has 0 aliphatic carbocycles. The number of hydrogen-bond donors (Lipinski definition) is 1. The predicted octanol–water partition coefficient (Wildman–Crippen LogP) is 1.17. The quantitative estimate of drug-likeness (QED) is 0.427. The van der Waals surface area contributed by atoms with Crippen molar-refractivity contribution in [3.05, 3.63) is 40.8 Å². The molecule has 0 radical (unpaired) electrons. The van der Waals surface area contributed by atoms with Gasteiger partial charge in [0.1, 0.15) is 5.66 Å². The van der Waals surface area contributed by atoms with Crippen LogP contribution in [-0.2, 0) is 25.6 Å². The van der Waals surface area contributed by atoms with Gasteiger partial charge in [-0.2, -0.15) is 0 Å². The zero-order valence-electron chi connectivity index (χ0n) is 16.9. The Balaban J connectivity index is 1.97. The Bertz CT molecular complexity index is 954. The molecule has 0 aromatic heterocycles. The van der Waals surface area contributed by atoms with E-state index in [1.807, 2.05) is 0 Å². The van der Waals surface area contributed by atoms with E-state index in [4.69, 9.17) is 0 Å². The van der Waals surface area contributed by atoms with Crippen LogP contribution in [0.15, 0.2) is 35.6 Å². The first-order valence-corrected chi connectivity index (χ1v) is 10.6. The molecule has 3 saturated heterocycles. The van der Waals surface area contributed by atoms with Gasteiger partial charge in [0.2, 0.25) is 11.3 Å². The first kappa shape index (κ1) is 20.6. The van der Waals surface area contributed by atoms with Crippen molar-refractivity contribution in [1.82, 2.24) is 14.8 Å². The topological polar surface area (TPSA) is 134 Å². The molecular weight excluding hydrogens is 412 g/mol. The highest BCUT2D eigenvalue weighted by Gasteiger charge is 2.83. The molecule has 11 heteroatoms. The minimum atomic E-state index is -2.23. The van der Waals surface area contributed by atoms with Crippen LogP contribution in [0.5, 0.6) is 0 Å². The molecular formula is C19H22N4O6S. The predicted molar refractivity (Wildman–Crippen MR) is 106 cm³/mol. The molecule has 4 unspecified atom stereocenters. The molecule has 1 aromatic rings. The van der Waals surface area contributed by atoms with Crippen LogP contribution in [0.4, 0.5) is 0 Å². The largest absolute Gasteiger partial charge is 0.614 e. The van der Waals surface area contributed by atoms with E-state index in [0.29, 0.717) is 5.56 Å². The summed E-state index contributed by atoms with van der Waals surface area (Å²) in [7, 11) is 0. The van der Waals surface area contributed by atoms with E-state index in [-0.39, 0.29) is 6.42 Å². The number of carbonyl (C=O) groups is 3. The number of rotatable bonds is 4. The van der Waals surface area contributed by atoms with Crippen molar-refractivity contribution < 1.29 is 24.0 Å². The summed E-state index contributed by atoms with van der Waals surface area (Å²) in [6, 6.07) is 7.24. The van der Waals surface area contributed by atoms with Crippen molar-refractivity contribution in [3.63, 3.8) is 0 Å². The van der Waals surface area contributed by atoms with E-state index in [1.54, 1.807) is 30.3 Å². The molecule has 30 heavy (non-hydrogen) atoms. The molecule has 3 aliphatic rings. The Kier molecular flexibility index (Phi) is 4.24. The van der Waals surface area contributed by atoms with Crippen molar-refractivity contribution in [2.24, 2.45) is 5.29 Å². The number of β-lactam (4-membered cyclic amide) rings is 1. The molecule has 0 bridgehead atoms.